The van der Waals surface area contributed by atoms with Crippen molar-refractivity contribution in [3.8, 4) is 23.0 Å². The number of unbranched alkanes of at least 4 members (excludes halogenated alkanes) is 8. The van der Waals surface area contributed by atoms with E-state index in [1.807, 2.05) is 0 Å². The first-order chi connectivity index (χ1) is 30.0. The normalized spacial score (nSPS) is 12.5. The molecular formula is C56H84O5Si2. The summed E-state index contributed by atoms with van der Waals surface area (Å²) in [4.78, 5) is 0. The molecule has 0 saturated heterocycles. The van der Waals surface area contributed by atoms with Gasteiger partial charge in [0, 0.05) is 20.7 Å². The molecule has 0 unspecified atom stereocenters. The van der Waals surface area contributed by atoms with Gasteiger partial charge in [-0.25, -0.2) is 0 Å². The summed E-state index contributed by atoms with van der Waals surface area (Å²) >= 11 is 0. The Bertz CT molecular complexity index is 1650. The average molecular weight is 893 g/mol. The van der Waals surface area contributed by atoms with Crippen molar-refractivity contribution in [3.05, 3.63) is 97.1 Å². The molecule has 0 spiro atoms. The van der Waals surface area contributed by atoms with Crippen molar-refractivity contribution >= 4 is 38.8 Å². The molecule has 0 aliphatic rings. The molecule has 0 saturated carbocycles. The molecule has 5 nitrogen and oxygen atoms in total. The van der Waals surface area contributed by atoms with Crippen LogP contribution in [0.15, 0.2) is 97.1 Å². The highest BCUT2D eigenvalue weighted by molar-refractivity contribution is 6.93. The predicted molar refractivity (Wildman–Crippen MR) is 272 cm³/mol. The fraction of sp³-hybridized carbons (Fsp3) is 0.571. The smallest absolute Gasteiger partial charge is 0.280 e. The minimum absolute atomic E-state index is 0.364. The highest BCUT2D eigenvalue weighted by atomic mass is 28.4. The SMILES string of the molecule is CCCCCC(C)(C)Oc1ccccc1[Si](O[Si](c1ccccc1OC(C)(C)CCCCC)c1ccccc1OC(C)(C)CCCCC)c1ccccc1OC(C)(C)CCCCC. The van der Waals surface area contributed by atoms with Gasteiger partial charge < -0.3 is 23.1 Å². The molecule has 63 heavy (non-hydrogen) atoms. The summed E-state index contributed by atoms with van der Waals surface area (Å²) in [5.41, 5.74) is -1.46. The van der Waals surface area contributed by atoms with Gasteiger partial charge >= 0.3 is 0 Å². The van der Waals surface area contributed by atoms with Gasteiger partial charge in [0.25, 0.3) is 18.1 Å². The van der Waals surface area contributed by atoms with Crippen molar-refractivity contribution in [1.82, 2.24) is 0 Å². The summed E-state index contributed by atoms with van der Waals surface area (Å²) in [5.74, 6) is 3.48. The van der Waals surface area contributed by atoms with Crippen LogP contribution in [0, 0.1) is 0 Å². The Balaban J connectivity index is 1.99. The number of benzene rings is 4. The lowest BCUT2D eigenvalue weighted by Gasteiger charge is -2.34. The maximum Gasteiger partial charge on any atom is 0.280 e. The van der Waals surface area contributed by atoms with Crippen LogP contribution in [0.5, 0.6) is 23.0 Å². The summed E-state index contributed by atoms with van der Waals surface area (Å²) in [6, 6.07) is 34.4. The molecule has 346 valence electrons. The molecule has 0 heterocycles. The van der Waals surface area contributed by atoms with Crippen molar-refractivity contribution in [2.45, 2.75) is 208 Å². The van der Waals surface area contributed by atoms with E-state index in [1.54, 1.807) is 0 Å². The molecule has 4 aromatic rings. The van der Waals surface area contributed by atoms with Crippen molar-refractivity contribution in [2.24, 2.45) is 0 Å². The lowest BCUT2D eigenvalue weighted by molar-refractivity contribution is 0.0967. The van der Waals surface area contributed by atoms with Gasteiger partial charge in [0.15, 0.2) is 0 Å². The Kier molecular flexibility index (Phi) is 20.9. The number of hydrogen-bond donors (Lipinski definition) is 0. The third-order valence-electron chi connectivity index (χ3n) is 11.8. The van der Waals surface area contributed by atoms with E-state index < -0.39 is 18.1 Å². The Morgan fingerprint density at radius 1 is 0.317 bits per heavy atom. The van der Waals surface area contributed by atoms with Gasteiger partial charge in [-0.05, 0) is 131 Å². The maximum atomic E-state index is 8.09. The molecule has 0 aliphatic carbocycles. The van der Waals surface area contributed by atoms with Crippen LogP contribution >= 0.6 is 0 Å². The first-order valence-electron chi connectivity index (χ1n) is 24.6. The van der Waals surface area contributed by atoms with E-state index in [9.17, 15) is 0 Å². The van der Waals surface area contributed by atoms with Gasteiger partial charge in [-0.2, -0.15) is 0 Å². The van der Waals surface area contributed by atoms with Crippen molar-refractivity contribution < 1.29 is 23.1 Å². The fourth-order valence-electron chi connectivity index (χ4n) is 8.18. The Morgan fingerprint density at radius 3 is 0.730 bits per heavy atom. The molecule has 4 aromatic carbocycles. The van der Waals surface area contributed by atoms with Crippen LogP contribution in [0.1, 0.15) is 186 Å². The van der Waals surface area contributed by atoms with Crippen LogP contribution in [-0.4, -0.2) is 40.5 Å². The molecule has 0 bridgehead atoms. The molecule has 0 aromatic heterocycles. The molecule has 2 radical (unpaired) electrons. The van der Waals surface area contributed by atoms with Crippen molar-refractivity contribution in [1.29, 1.82) is 0 Å². The lowest BCUT2D eigenvalue weighted by Crippen LogP contribution is -2.57. The first kappa shape index (κ1) is 52.1. The topological polar surface area (TPSA) is 46.2 Å². The zero-order valence-electron chi connectivity index (χ0n) is 41.6. The molecule has 0 amide bonds. The van der Waals surface area contributed by atoms with Gasteiger partial charge in [0.05, 0.1) is 0 Å². The molecule has 4 rings (SSSR count). The number of rotatable bonds is 30. The lowest BCUT2D eigenvalue weighted by atomic mass is 10.0. The summed E-state index contributed by atoms with van der Waals surface area (Å²) in [7, 11) is -4.23. The van der Waals surface area contributed by atoms with Gasteiger partial charge in [0.1, 0.15) is 45.4 Å². The van der Waals surface area contributed by atoms with Gasteiger partial charge in [0.2, 0.25) is 0 Å². The summed E-state index contributed by atoms with van der Waals surface area (Å²) in [5, 5.41) is 4.30. The third-order valence-corrected chi connectivity index (χ3v) is 17.0. The fourth-order valence-corrected chi connectivity index (χ4v) is 13.8. The summed E-state index contributed by atoms with van der Waals surface area (Å²) in [6.07, 6.45) is 17.8. The molecule has 0 fully saturated rings. The zero-order chi connectivity index (χ0) is 45.9. The van der Waals surface area contributed by atoms with Crippen molar-refractivity contribution in [2.75, 3.05) is 0 Å². The summed E-state index contributed by atoms with van der Waals surface area (Å²) in [6.45, 7) is 26.8. The van der Waals surface area contributed by atoms with E-state index in [-0.39, 0.29) is 22.4 Å². The highest BCUT2D eigenvalue weighted by Crippen LogP contribution is 2.29. The van der Waals surface area contributed by atoms with E-state index in [2.05, 4.69) is 180 Å². The van der Waals surface area contributed by atoms with Crippen LogP contribution in [0.25, 0.3) is 0 Å². The predicted octanol–water partition coefficient (Wildman–Crippen LogP) is 13.6. The molecule has 0 atom stereocenters. The molecule has 0 aliphatic heterocycles. The Labute approximate surface area is 388 Å². The highest BCUT2D eigenvalue weighted by Gasteiger charge is 2.38. The molecular weight excluding hydrogens is 809 g/mol. The molecule has 7 heteroatoms. The zero-order valence-corrected chi connectivity index (χ0v) is 43.6. The summed E-state index contributed by atoms with van der Waals surface area (Å²) < 4.78 is 36.6. The van der Waals surface area contributed by atoms with E-state index >= 15 is 0 Å². The second-order valence-electron chi connectivity index (χ2n) is 20.0. The van der Waals surface area contributed by atoms with Crippen LogP contribution < -0.4 is 39.7 Å². The molecule has 0 N–H and O–H groups in total. The van der Waals surface area contributed by atoms with Crippen LogP contribution in [-0.2, 0) is 4.12 Å². The van der Waals surface area contributed by atoms with Gasteiger partial charge in [-0.3, -0.25) is 0 Å². The number of hydrogen-bond acceptors (Lipinski definition) is 5. The number of ether oxygens (including phenoxy) is 4. The number of para-hydroxylation sites is 4. The quantitative estimate of drug-likeness (QED) is 0.0385. The average Bonchev–Trinajstić information content (AvgIpc) is 3.22. The van der Waals surface area contributed by atoms with Gasteiger partial charge in [-0.15, -0.1) is 0 Å². The van der Waals surface area contributed by atoms with E-state index in [4.69, 9.17) is 23.1 Å². The maximum absolute atomic E-state index is 8.09. The van der Waals surface area contributed by atoms with E-state index in [1.165, 1.54) is 51.4 Å². The van der Waals surface area contributed by atoms with Crippen LogP contribution in [0.4, 0.5) is 0 Å². The van der Waals surface area contributed by atoms with E-state index in [0.717, 1.165) is 95.1 Å². The van der Waals surface area contributed by atoms with Crippen molar-refractivity contribution in [3.63, 3.8) is 0 Å². The minimum atomic E-state index is -2.11. The largest absolute Gasteiger partial charge is 0.488 e. The third kappa shape index (κ3) is 17.1. The van der Waals surface area contributed by atoms with E-state index in [0.29, 0.717) is 0 Å². The van der Waals surface area contributed by atoms with Crippen LogP contribution in [0.3, 0.4) is 0 Å². The van der Waals surface area contributed by atoms with Crippen LogP contribution in [0.2, 0.25) is 0 Å². The van der Waals surface area contributed by atoms with Gasteiger partial charge in [-0.1, -0.05) is 152 Å². The second-order valence-corrected chi connectivity index (χ2v) is 24.3. The monoisotopic (exact) mass is 893 g/mol. The second kappa shape index (κ2) is 25.2. The standard InChI is InChI=1S/C56H84O5Si2/c1-13-17-29-41-53(5,6)57-45-33-21-25-37-49(45)62(50-38-26-22-34-46(50)58-54(7,8)42-30-18-14-2)61-63(51-39-27-23-35-47(51)59-55(9,10)43-31-19-15-3)52-40-28-24-36-48(52)60-56(11,12)44-32-20-16-4/h21-28,33-40H,13-20,29-32,41-44H2,1-12H3. The Hall–Kier alpha value is -3.53. The minimum Gasteiger partial charge on any atom is -0.488 e. The first-order valence-corrected chi connectivity index (χ1v) is 27.4. The Morgan fingerprint density at radius 2 is 0.524 bits per heavy atom.